The van der Waals surface area contributed by atoms with Crippen molar-refractivity contribution in [1.82, 2.24) is 10.1 Å². The molecular weight excluding hydrogens is 218 g/mol. The molecule has 0 aliphatic heterocycles. The van der Waals surface area contributed by atoms with Gasteiger partial charge in [0.25, 0.3) is 5.89 Å². The molecule has 0 aliphatic carbocycles. The maximum absolute atomic E-state index is 5.83. The minimum Gasteiger partial charge on any atom is -0.497 e. The molecular formula is C12H15N3O2. The molecule has 0 bridgehead atoms. The van der Waals surface area contributed by atoms with Crippen molar-refractivity contribution in [2.75, 3.05) is 7.11 Å². The van der Waals surface area contributed by atoms with Crippen LogP contribution < -0.4 is 10.5 Å². The molecule has 5 heteroatoms. The second-order valence-electron chi connectivity index (χ2n) is 3.70. The van der Waals surface area contributed by atoms with Crippen LogP contribution in [0.5, 0.6) is 5.75 Å². The predicted octanol–water partition coefficient (Wildman–Crippen LogP) is 2.16. The van der Waals surface area contributed by atoms with Crippen LogP contribution in [0.25, 0.3) is 11.5 Å². The van der Waals surface area contributed by atoms with E-state index < -0.39 is 0 Å². The number of methoxy groups -OCH3 is 1. The molecule has 0 radical (unpaired) electrons. The van der Waals surface area contributed by atoms with Crippen LogP contribution in [-0.2, 0) is 0 Å². The molecule has 2 N–H and O–H groups in total. The number of hydrogen-bond acceptors (Lipinski definition) is 5. The van der Waals surface area contributed by atoms with Crippen LogP contribution in [-0.4, -0.2) is 17.3 Å². The van der Waals surface area contributed by atoms with Crippen LogP contribution in [0.15, 0.2) is 28.8 Å². The summed E-state index contributed by atoms with van der Waals surface area (Å²) in [7, 11) is 1.62. The molecule has 1 atom stereocenters. The smallest absolute Gasteiger partial charge is 0.258 e. The van der Waals surface area contributed by atoms with E-state index in [1.807, 2.05) is 31.2 Å². The molecule has 1 heterocycles. The standard InChI is InChI=1S/C12H15N3O2/c1-3-10(13)11-14-12(17-15-11)8-5-4-6-9(7-8)16-2/h4-7,10H,3,13H2,1-2H3. The summed E-state index contributed by atoms with van der Waals surface area (Å²) in [6, 6.07) is 7.28. The Bertz CT molecular complexity index is 496. The quantitative estimate of drug-likeness (QED) is 0.875. The van der Waals surface area contributed by atoms with E-state index in [2.05, 4.69) is 10.1 Å². The summed E-state index contributed by atoms with van der Waals surface area (Å²) >= 11 is 0. The Labute approximate surface area is 99.6 Å². The number of rotatable bonds is 4. The second-order valence-corrected chi connectivity index (χ2v) is 3.70. The van der Waals surface area contributed by atoms with Gasteiger partial charge in [-0.3, -0.25) is 0 Å². The molecule has 1 unspecified atom stereocenters. The fraction of sp³-hybridized carbons (Fsp3) is 0.333. The van der Waals surface area contributed by atoms with E-state index in [0.29, 0.717) is 11.7 Å². The highest BCUT2D eigenvalue weighted by Gasteiger charge is 2.13. The van der Waals surface area contributed by atoms with Crippen molar-refractivity contribution < 1.29 is 9.26 Å². The molecule has 0 saturated carbocycles. The molecule has 90 valence electrons. The lowest BCUT2D eigenvalue weighted by Crippen LogP contribution is -2.10. The van der Waals surface area contributed by atoms with E-state index >= 15 is 0 Å². The summed E-state index contributed by atoms with van der Waals surface area (Å²) in [4.78, 5) is 4.27. The molecule has 0 amide bonds. The van der Waals surface area contributed by atoms with Gasteiger partial charge in [-0.2, -0.15) is 4.98 Å². The monoisotopic (exact) mass is 233 g/mol. The van der Waals surface area contributed by atoms with Crippen molar-refractivity contribution in [3.05, 3.63) is 30.1 Å². The van der Waals surface area contributed by atoms with Gasteiger partial charge in [0, 0.05) is 5.56 Å². The molecule has 17 heavy (non-hydrogen) atoms. The number of aromatic nitrogens is 2. The van der Waals surface area contributed by atoms with E-state index in [-0.39, 0.29) is 6.04 Å². The second kappa shape index (κ2) is 4.97. The number of hydrogen-bond donors (Lipinski definition) is 1. The van der Waals surface area contributed by atoms with Crippen molar-refractivity contribution in [3.8, 4) is 17.2 Å². The summed E-state index contributed by atoms with van der Waals surface area (Å²) in [5.74, 6) is 1.75. The van der Waals surface area contributed by atoms with Crippen LogP contribution in [0.2, 0.25) is 0 Å². The van der Waals surface area contributed by atoms with E-state index in [1.54, 1.807) is 7.11 Å². The average molecular weight is 233 g/mol. The third kappa shape index (κ3) is 2.45. The van der Waals surface area contributed by atoms with Crippen LogP contribution in [0.3, 0.4) is 0 Å². The summed E-state index contributed by atoms with van der Waals surface area (Å²) in [6.07, 6.45) is 0.775. The molecule has 2 aromatic rings. The highest BCUT2D eigenvalue weighted by Crippen LogP contribution is 2.23. The van der Waals surface area contributed by atoms with E-state index in [1.165, 1.54) is 0 Å². The van der Waals surface area contributed by atoms with Crippen LogP contribution in [0.4, 0.5) is 0 Å². The fourth-order valence-corrected chi connectivity index (χ4v) is 1.44. The van der Waals surface area contributed by atoms with Gasteiger partial charge < -0.3 is 15.0 Å². The first kappa shape index (κ1) is 11.6. The Kier molecular flexibility index (Phi) is 3.39. The Balaban J connectivity index is 2.30. The topological polar surface area (TPSA) is 74.2 Å². The number of benzene rings is 1. The van der Waals surface area contributed by atoms with Gasteiger partial charge in [-0.05, 0) is 24.6 Å². The Morgan fingerprint density at radius 2 is 2.29 bits per heavy atom. The van der Waals surface area contributed by atoms with Crippen molar-refractivity contribution in [3.63, 3.8) is 0 Å². The molecule has 2 rings (SSSR count). The number of nitrogens with zero attached hydrogens (tertiary/aromatic N) is 2. The lowest BCUT2D eigenvalue weighted by atomic mass is 10.2. The van der Waals surface area contributed by atoms with Gasteiger partial charge in [-0.25, -0.2) is 0 Å². The third-order valence-corrected chi connectivity index (χ3v) is 2.53. The van der Waals surface area contributed by atoms with Gasteiger partial charge in [0.05, 0.1) is 13.2 Å². The maximum atomic E-state index is 5.83. The van der Waals surface area contributed by atoms with E-state index in [0.717, 1.165) is 17.7 Å². The molecule has 0 saturated heterocycles. The predicted molar refractivity (Wildman–Crippen MR) is 63.5 cm³/mol. The van der Waals surface area contributed by atoms with Gasteiger partial charge in [-0.1, -0.05) is 18.1 Å². The first-order valence-corrected chi connectivity index (χ1v) is 5.48. The molecule has 5 nitrogen and oxygen atoms in total. The lowest BCUT2D eigenvalue weighted by molar-refractivity contribution is 0.409. The average Bonchev–Trinajstić information content (AvgIpc) is 2.87. The van der Waals surface area contributed by atoms with E-state index in [4.69, 9.17) is 15.0 Å². The van der Waals surface area contributed by atoms with Crippen molar-refractivity contribution in [2.45, 2.75) is 19.4 Å². The Morgan fingerprint density at radius 3 is 3.00 bits per heavy atom. The maximum Gasteiger partial charge on any atom is 0.258 e. The zero-order valence-electron chi connectivity index (χ0n) is 9.88. The first-order valence-electron chi connectivity index (χ1n) is 5.48. The fourth-order valence-electron chi connectivity index (χ4n) is 1.44. The van der Waals surface area contributed by atoms with Gasteiger partial charge in [-0.15, -0.1) is 0 Å². The van der Waals surface area contributed by atoms with Crippen LogP contribution >= 0.6 is 0 Å². The molecule has 0 aliphatic rings. The first-order chi connectivity index (χ1) is 8.24. The molecule has 0 fully saturated rings. The largest absolute Gasteiger partial charge is 0.497 e. The van der Waals surface area contributed by atoms with Gasteiger partial charge >= 0.3 is 0 Å². The highest BCUT2D eigenvalue weighted by atomic mass is 16.5. The normalized spacial score (nSPS) is 12.4. The SMILES string of the molecule is CCC(N)c1noc(-c2cccc(OC)c2)n1. The van der Waals surface area contributed by atoms with Gasteiger partial charge in [0.2, 0.25) is 0 Å². The minimum atomic E-state index is -0.182. The molecule has 0 spiro atoms. The third-order valence-electron chi connectivity index (χ3n) is 2.53. The zero-order valence-corrected chi connectivity index (χ0v) is 9.88. The molecule has 1 aromatic carbocycles. The van der Waals surface area contributed by atoms with E-state index in [9.17, 15) is 0 Å². The molecule has 1 aromatic heterocycles. The van der Waals surface area contributed by atoms with Crippen LogP contribution in [0, 0.1) is 0 Å². The van der Waals surface area contributed by atoms with Crippen molar-refractivity contribution >= 4 is 0 Å². The summed E-state index contributed by atoms with van der Waals surface area (Å²) in [5, 5.41) is 3.87. The lowest BCUT2D eigenvalue weighted by Gasteiger charge is -2.00. The number of nitrogens with two attached hydrogens (primary N) is 1. The number of ether oxygens (including phenoxy) is 1. The van der Waals surface area contributed by atoms with Gasteiger partial charge in [0.1, 0.15) is 5.75 Å². The van der Waals surface area contributed by atoms with Gasteiger partial charge in [0.15, 0.2) is 5.82 Å². The summed E-state index contributed by atoms with van der Waals surface area (Å²) in [5.41, 5.74) is 6.66. The minimum absolute atomic E-state index is 0.182. The zero-order chi connectivity index (χ0) is 12.3. The Morgan fingerprint density at radius 1 is 1.47 bits per heavy atom. The summed E-state index contributed by atoms with van der Waals surface area (Å²) in [6.45, 7) is 1.98. The van der Waals surface area contributed by atoms with Crippen LogP contribution in [0.1, 0.15) is 25.2 Å². The Hall–Kier alpha value is -1.88. The highest BCUT2D eigenvalue weighted by molar-refractivity contribution is 5.55. The van der Waals surface area contributed by atoms with Crippen molar-refractivity contribution in [1.29, 1.82) is 0 Å². The summed E-state index contributed by atoms with van der Waals surface area (Å²) < 4.78 is 10.3. The van der Waals surface area contributed by atoms with Crippen molar-refractivity contribution in [2.24, 2.45) is 5.73 Å².